The number of aromatic nitrogens is 2. The number of nitrogens with zero attached hydrogens (tertiary/aromatic N) is 1. The first-order valence-corrected chi connectivity index (χ1v) is 5.22. The average molecular weight is 260 g/mol. The lowest BCUT2D eigenvalue weighted by molar-refractivity contribution is -0.137. The van der Waals surface area contributed by atoms with Crippen LogP contribution in [0, 0.1) is 0 Å². The number of H-pyrrole nitrogens is 1. The predicted molar refractivity (Wildman–Crippen MR) is 59.4 cm³/mol. The fourth-order valence-corrected chi connectivity index (χ4v) is 1.74. The second-order valence-electron chi connectivity index (χ2n) is 3.80. The molecule has 1 N–H and O–H groups in total. The van der Waals surface area contributed by atoms with Crippen LogP contribution >= 0.6 is 0 Å². The van der Waals surface area contributed by atoms with Gasteiger partial charge in [0.25, 0.3) is 0 Å². The summed E-state index contributed by atoms with van der Waals surface area (Å²) in [6.07, 6.45) is -4.42. The minimum atomic E-state index is -4.42. The minimum absolute atomic E-state index is 0.172. The van der Waals surface area contributed by atoms with E-state index in [1.54, 1.807) is 0 Å². The van der Waals surface area contributed by atoms with Crippen molar-refractivity contribution in [3.05, 3.63) is 34.2 Å². The van der Waals surface area contributed by atoms with Crippen LogP contribution < -0.4 is 5.69 Å². The Morgan fingerprint density at radius 1 is 1.39 bits per heavy atom. The summed E-state index contributed by atoms with van der Waals surface area (Å²) >= 11 is 0. The zero-order valence-corrected chi connectivity index (χ0v) is 9.54. The van der Waals surface area contributed by atoms with Gasteiger partial charge in [-0.1, -0.05) is 0 Å². The summed E-state index contributed by atoms with van der Waals surface area (Å²) in [7, 11) is 1.49. The normalized spacial score (nSPS) is 12.2. The summed E-state index contributed by atoms with van der Waals surface area (Å²) in [6, 6.07) is 3.17. The molecule has 98 valence electrons. The van der Waals surface area contributed by atoms with Crippen molar-refractivity contribution in [3.63, 3.8) is 0 Å². The first-order chi connectivity index (χ1) is 8.43. The Kier molecular flexibility index (Phi) is 3.16. The van der Waals surface area contributed by atoms with Gasteiger partial charge < -0.3 is 9.72 Å². The van der Waals surface area contributed by atoms with E-state index in [4.69, 9.17) is 4.74 Å². The summed E-state index contributed by atoms with van der Waals surface area (Å²) in [5, 5.41) is 0. The smallest absolute Gasteiger partial charge is 0.383 e. The van der Waals surface area contributed by atoms with Gasteiger partial charge in [-0.05, 0) is 18.2 Å². The SMILES string of the molecule is COCCn1c(=O)[nH]c2cc(C(F)(F)F)ccc21. The van der Waals surface area contributed by atoms with Crippen molar-refractivity contribution in [1.82, 2.24) is 9.55 Å². The van der Waals surface area contributed by atoms with Crippen LogP contribution in [0.3, 0.4) is 0 Å². The maximum absolute atomic E-state index is 12.5. The van der Waals surface area contributed by atoms with E-state index in [1.807, 2.05) is 0 Å². The zero-order chi connectivity index (χ0) is 13.3. The van der Waals surface area contributed by atoms with Gasteiger partial charge in [-0.3, -0.25) is 4.57 Å². The Bertz CT molecular complexity index is 613. The van der Waals surface area contributed by atoms with Crippen LogP contribution in [0.4, 0.5) is 13.2 Å². The van der Waals surface area contributed by atoms with E-state index in [0.29, 0.717) is 18.7 Å². The second kappa shape index (κ2) is 4.49. The van der Waals surface area contributed by atoms with Crippen LogP contribution in [0.5, 0.6) is 0 Å². The van der Waals surface area contributed by atoms with Gasteiger partial charge in [-0.15, -0.1) is 0 Å². The molecule has 0 fully saturated rings. The lowest BCUT2D eigenvalue weighted by Crippen LogP contribution is -2.18. The van der Waals surface area contributed by atoms with Crippen LogP contribution in [0.1, 0.15) is 5.56 Å². The third-order valence-corrected chi connectivity index (χ3v) is 2.62. The Labute approximate surface area is 100.0 Å². The quantitative estimate of drug-likeness (QED) is 0.917. The molecule has 2 aromatic rings. The maximum Gasteiger partial charge on any atom is 0.416 e. The molecule has 18 heavy (non-hydrogen) atoms. The van der Waals surface area contributed by atoms with E-state index in [-0.39, 0.29) is 5.52 Å². The summed E-state index contributed by atoms with van der Waals surface area (Å²) in [6.45, 7) is 0.606. The molecule has 0 aliphatic carbocycles. The number of nitrogens with one attached hydrogen (secondary N) is 1. The molecule has 0 saturated carbocycles. The minimum Gasteiger partial charge on any atom is -0.383 e. The van der Waals surface area contributed by atoms with E-state index in [9.17, 15) is 18.0 Å². The molecule has 7 heteroatoms. The van der Waals surface area contributed by atoms with Crippen molar-refractivity contribution in [3.8, 4) is 0 Å². The molecule has 4 nitrogen and oxygen atoms in total. The van der Waals surface area contributed by atoms with Crippen LogP contribution in [0.2, 0.25) is 0 Å². The summed E-state index contributed by atoms with van der Waals surface area (Å²) in [5.41, 5.74) is -0.618. The first kappa shape index (κ1) is 12.7. The molecule has 0 bridgehead atoms. The molecule has 0 saturated heterocycles. The van der Waals surface area contributed by atoms with Crippen molar-refractivity contribution in [2.75, 3.05) is 13.7 Å². The molecule has 0 amide bonds. The number of ether oxygens (including phenoxy) is 1. The lowest BCUT2D eigenvalue weighted by Gasteiger charge is -2.06. The maximum atomic E-state index is 12.5. The highest BCUT2D eigenvalue weighted by atomic mass is 19.4. The van der Waals surface area contributed by atoms with Gasteiger partial charge in [0.05, 0.1) is 29.7 Å². The third-order valence-electron chi connectivity index (χ3n) is 2.62. The monoisotopic (exact) mass is 260 g/mol. The Hall–Kier alpha value is -1.76. The van der Waals surface area contributed by atoms with Crippen LogP contribution in [-0.4, -0.2) is 23.3 Å². The summed E-state index contributed by atoms with van der Waals surface area (Å²) in [5.74, 6) is 0. The number of fused-ring (bicyclic) bond motifs is 1. The number of aromatic amines is 1. The number of imidazole rings is 1. The zero-order valence-electron chi connectivity index (χ0n) is 9.54. The van der Waals surface area contributed by atoms with Crippen LogP contribution in [-0.2, 0) is 17.5 Å². The highest BCUT2D eigenvalue weighted by Crippen LogP contribution is 2.30. The van der Waals surface area contributed by atoms with E-state index in [0.717, 1.165) is 12.1 Å². The second-order valence-corrected chi connectivity index (χ2v) is 3.80. The van der Waals surface area contributed by atoms with Crippen molar-refractivity contribution in [2.24, 2.45) is 0 Å². The molecule has 2 rings (SSSR count). The number of hydrogen-bond donors (Lipinski definition) is 1. The van der Waals surface area contributed by atoms with Gasteiger partial charge in [-0.25, -0.2) is 4.79 Å². The van der Waals surface area contributed by atoms with Crippen LogP contribution in [0.15, 0.2) is 23.0 Å². The van der Waals surface area contributed by atoms with Gasteiger partial charge in [0.15, 0.2) is 0 Å². The average Bonchev–Trinajstić information content (AvgIpc) is 2.60. The van der Waals surface area contributed by atoms with Crippen molar-refractivity contribution < 1.29 is 17.9 Å². The Morgan fingerprint density at radius 3 is 2.72 bits per heavy atom. The van der Waals surface area contributed by atoms with Crippen LogP contribution in [0.25, 0.3) is 11.0 Å². The van der Waals surface area contributed by atoms with Crippen molar-refractivity contribution >= 4 is 11.0 Å². The van der Waals surface area contributed by atoms with E-state index < -0.39 is 17.4 Å². The molecule has 0 spiro atoms. The molecule has 0 unspecified atom stereocenters. The summed E-state index contributed by atoms with van der Waals surface area (Å²) < 4.78 is 43.7. The number of rotatable bonds is 3. The molecular weight excluding hydrogens is 249 g/mol. The number of benzene rings is 1. The lowest BCUT2D eigenvalue weighted by atomic mass is 10.2. The van der Waals surface area contributed by atoms with Gasteiger partial charge in [0, 0.05) is 7.11 Å². The molecule has 0 aliphatic heterocycles. The Balaban J connectivity index is 2.51. The number of halogens is 3. The van der Waals surface area contributed by atoms with E-state index >= 15 is 0 Å². The van der Waals surface area contributed by atoms with Gasteiger partial charge in [0.2, 0.25) is 0 Å². The largest absolute Gasteiger partial charge is 0.416 e. The molecular formula is C11H11F3N2O2. The molecule has 0 radical (unpaired) electrons. The highest BCUT2D eigenvalue weighted by Gasteiger charge is 2.30. The van der Waals surface area contributed by atoms with E-state index in [1.165, 1.54) is 17.7 Å². The first-order valence-electron chi connectivity index (χ1n) is 5.22. The molecule has 1 aromatic heterocycles. The summed E-state index contributed by atoms with van der Waals surface area (Å²) in [4.78, 5) is 14.0. The number of methoxy groups -OCH3 is 1. The van der Waals surface area contributed by atoms with Gasteiger partial charge >= 0.3 is 11.9 Å². The van der Waals surface area contributed by atoms with Crippen molar-refractivity contribution in [1.29, 1.82) is 0 Å². The van der Waals surface area contributed by atoms with Crippen molar-refractivity contribution in [2.45, 2.75) is 12.7 Å². The highest BCUT2D eigenvalue weighted by molar-refractivity contribution is 5.76. The van der Waals surface area contributed by atoms with Gasteiger partial charge in [0.1, 0.15) is 0 Å². The standard InChI is InChI=1S/C11H11F3N2O2/c1-18-5-4-16-9-3-2-7(11(12,13)14)6-8(9)15-10(16)17/h2-3,6H,4-5H2,1H3,(H,15,17). The molecule has 0 atom stereocenters. The fourth-order valence-electron chi connectivity index (χ4n) is 1.74. The Morgan fingerprint density at radius 2 is 2.11 bits per heavy atom. The molecule has 0 aliphatic rings. The fraction of sp³-hybridized carbons (Fsp3) is 0.364. The number of hydrogen-bond acceptors (Lipinski definition) is 2. The molecule has 1 aromatic carbocycles. The third kappa shape index (κ3) is 2.26. The van der Waals surface area contributed by atoms with E-state index in [2.05, 4.69) is 4.98 Å². The topological polar surface area (TPSA) is 47.0 Å². The number of alkyl halides is 3. The molecule has 1 heterocycles. The predicted octanol–water partition coefficient (Wildman–Crippen LogP) is 1.99. The van der Waals surface area contributed by atoms with Gasteiger partial charge in [-0.2, -0.15) is 13.2 Å².